The molecule has 1 aromatic carbocycles. The largest absolute Gasteiger partial charge is 0.484 e. The van der Waals surface area contributed by atoms with Crippen LogP contribution in [0.2, 0.25) is 0 Å². The highest BCUT2D eigenvalue weighted by molar-refractivity contribution is 7.18. The number of halogens is 3. The van der Waals surface area contributed by atoms with E-state index in [-0.39, 0.29) is 24.4 Å². The molecular formula is C16H14F3N3O2S. The maximum Gasteiger partial charge on any atom is 0.422 e. The lowest BCUT2D eigenvalue weighted by Gasteiger charge is -2.12. The van der Waals surface area contributed by atoms with Gasteiger partial charge >= 0.3 is 6.18 Å². The summed E-state index contributed by atoms with van der Waals surface area (Å²) in [5.41, 5.74) is 0.557. The van der Waals surface area contributed by atoms with Crippen LogP contribution in [0.1, 0.15) is 27.6 Å². The molecule has 0 aliphatic heterocycles. The van der Waals surface area contributed by atoms with Crippen molar-refractivity contribution in [2.24, 2.45) is 0 Å². The van der Waals surface area contributed by atoms with Gasteiger partial charge in [0.05, 0.1) is 6.20 Å². The van der Waals surface area contributed by atoms with Crippen molar-refractivity contribution in [2.45, 2.75) is 25.9 Å². The minimum atomic E-state index is -4.41. The number of para-hydroxylation sites is 1. The van der Waals surface area contributed by atoms with Crippen molar-refractivity contribution < 1.29 is 22.7 Å². The van der Waals surface area contributed by atoms with Gasteiger partial charge < -0.3 is 4.74 Å². The SMILES string of the molecule is Cc1ncc2sc(C(=O)CCc3ccccc3OCC(F)(F)F)nn12. The topological polar surface area (TPSA) is 56.5 Å². The van der Waals surface area contributed by atoms with Crippen LogP contribution in [0.25, 0.3) is 4.83 Å². The smallest absolute Gasteiger partial charge is 0.422 e. The number of alkyl halides is 3. The summed E-state index contributed by atoms with van der Waals surface area (Å²) in [4.78, 5) is 17.2. The van der Waals surface area contributed by atoms with Crippen molar-refractivity contribution in [3.05, 3.63) is 46.9 Å². The molecule has 0 aliphatic carbocycles. The maximum absolute atomic E-state index is 12.3. The normalized spacial score (nSPS) is 11.8. The molecule has 0 saturated heterocycles. The zero-order valence-electron chi connectivity index (χ0n) is 13.2. The molecule has 9 heteroatoms. The van der Waals surface area contributed by atoms with Crippen molar-refractivity contribution >= 4 is 22.0 Å². The molecule has 0 bridgehead atoms. The quantitative estimate of drug-likeness (QED) is 0.619. The number of Topliss-reactive ketones (excluding diaryl/α,β-unsaturated/α-hetero) is 1. The van der Waals surface area contributed by atoms with Gasteiger partial charge in [-0.3, -0.25) is 4.79 Å². The van der Waals surface area contributed by atoms with Gasteiger partial charge in [0.25, 0.3) is 0 Å². The van der Waals surface area contributed by atoms with Crippen LogP contribution in [-0.2, 0) is 6.42 Å². The van der Waals surface area contributed by atoms with Crippen LogP contribution < -0.4 is 4.74 Å². The van der Waals surface area contributed by atoms with E-state index in [1.54, 1.807) is 35.8 Å². The summed E-state index contributed by atoms with van der Waals surface area (Å²) in [5, 5.41) is 4.57. The number of rotatable bonds is 6. The first-order valence-corrected chi connectivity index (χ1v) is 8.27. The van der Waals surface area contributed by atoms with E-state index in [0.717, 1.165) is 4.83 Å². The molecule has 132 valence electrons. The fourth-order valence-electron chi connectivity index (χ4n) is 2.30. The number of carbonyl (C=O) groups is 1. The van der Waals surface area contributed by atoms with Gasteiger partial charge in [0.1, 0.15) is 16.4 Å². The second-order valence-corrected chi connectivity index (χ2v) is 6.41. The molecule has 2 aromatic heterocycles. The number of fused-ring (bicyclic) bond motifs is 1. The number of ether oxygens (including phenoxy) is 1. The lowest BCUT2D eigenvalue weighted by Crippen LogP contribution is -2.19. The third-order valence-electron chi connectivity index (χ3n) is 3.49. The molecule has 0 spiro atoms. The van der Waals surface area contributed by atoms with Crippen LogP contribution in [0, 0.1) is 6.92 Å². The Kier molecular flexibility index (Phi) is 4.76. The predicted octanol–water partition coefficient (Wildman–Crippen LogP) is 3.86. The van der Waals surface area contributed by atoms with E-state index in [9.17, 15) is 18.0 Å². The zero-order valence-corrected chi connectivity index (χ0v) is 14.0. The first-order chi connectivity index (χ1) is 11.8. The summed E-state index contributed by atoms with van der Waals surface area (Å²) < 4.78 is 43.4. The van der Waals surface area contributed by atoms with E-state index >= 15 is 0 Å². The Labute approximate surface area is 145 Å². The van der Waals surface area contributed by atoms with Crippen LogP contribution in [-0.4, -0.2) is 33.2 Å². The van der Waals surface area contributed by atoms with E-state index in [2.05, 4.69) is 10.1 Å². The second-order valence-electron chi connectivity index (χ2n) is 5.40. The minimum absolute atomic E-state index is 0.134. The summed E-state index contributed by atoms with van der Waals surface area (Å²) in [6.07, 6.45) is -2.35. The summed E-state index contributed by atoms with van der Waals surface area (Å²) in [6, 6.07) is 6.41. The van der Waals surface area contributed by atoms with E-state index in [4.69, 9.17) is 4.74 Å². The number of ketones is 1. The van der Waals surface area contributed by atoms with E-state index in [1.165, 1.54) is 17.4 Å². The van der Waals surface area contributed by atoms with E-state index in [0.29, 0.717) is 16.4 Å². The standard InChI is InChI=1S/C16H14F3N3O2S/c1-10-20-8-14-22(10)21-15(25-14)12(23)7-6-11-4-2-3-5-13(11)24-9-16(17,18)19/h2-5,8H,6-7,9H2,1H3. The highest BCUT2D eigenvalue weighted by Gasteiger charge is 2.28. The van der Waals surface area contributed by atoms with Gasteiger partial charge in [-0.15, -0.1) is 0 Å². The highest BCUT2D eigenvalue weighted by Crippen LogP contribution is 2.24. The molecule has 0 unspecified atom stereocenters. The third-order valence-corrected chi connectivity index (χ3v) is 4.48. The van der Waals surface area contributed by atoms with Crippen molar-refractivity contribution in [2.75, 3.05) is 6.61 Å². The number of nitrogens with zero attached hydrogens (tertiary/aromatic N) is 3. The molecule has 0 fully saturated rings. The maximum atomic E-state index is 12.3. The van der Waals surface area contributed by atoms with Crippen LogP contribution in [0.4, 0.5) is 13.2 Å². The second kappa shape index (κ2) is 6.83. The zero-order chi connectivity index (χ0) is 18.0. The molecule has 0 saturated carbocycles. The number of hydrogen-bond donors (Lipinski definition) is 0. The lowest BCUT2D eigenvalue weighted by molar-refractivity contribution is -0.153. The van der Waals surface area contributed by atoms with Gasteiger partial charge in [-0.25, -0.2) is 9.50 Å². The molecule has 3 aromatic rings. The molecule has 25 heavy (non-hydrogen) atoms. The Bertz CT molecular complexity index is 902. The van der Waals surface area contributed by atoms with Crippen LogP contribution in [0.5, 0.6) is 5.75 Å². The average Bonchev–Trinajstić information content (AvgIpc) is 3.13. The summed E-state index contributed by atoms with van der Waals surface area (Å²) >= 11 is 1.24. The van der Waals surface area contributed by atoms with Crippen LogP contribution in [0.15, 0.2) is 30.5 Å². The number of imidazole rings is 1. The summed E-state index contributed by atoms with van der Waals surface area (Å²) in [7, 11) is 0. The number of aryl methyl sites for hydroxylation is 2. The highest BCUT2D eigenvalue weighted by atomic mass is 32.1. The Morgan fingerprint density at radius 2 is 2.08 bits per heavy atom. The average molecular weight is 369 g/mol. The Hall–Kier alpha value is -2.42. The summed E-state index contributed by atoms with van der Waals surface area (Å²) in [5.74, 6) is 0.662. The number of benzene rings is 1. The van der Waals surface area contributed by atoms with Gasteiger partial charge in [-0.05, 0) is 25.0 Å². The van der Waals surface area contributed by atoms with Crippen LogP contribution >= 0.6 is 11.3 Å². The molecule has 0 N–H and O–H groups in total. The minimum Gasteiger partial charge on any atom is -0.484 e. The van der Waals surface area contributed by atoms with Gasteiger partial charge in [0, 0.05) is 6.42 Å². The molecule has 0 atom stereocenters. The predicted molar refractivity (Wildman–Crippen MR) is 86.2 cm³/mol. The summed E-state index contributed by atoms with van der Waals surface area (Å²) in [6.45, 7) is 0.428. The van der Waals surface area contributed by atoms with Gasteiger partial charge in [-0.2, -0.15) is 18.3 Å². The molecular weight excluding hydrogens is 355 g/mol. The lowest BCUT2D eigenvalue weighted by atomic mass is 10.1. The molecule has 5 nitrogen and oxygen atoms in total. The van der Waals surface area contributed by atoms with E-state index < -0.39 is 12.8 Å². The molecule has 2 heterocycles. The molecule has 0 amide bonds. The molecule has 0 radical (unpaired) electrons. The Morgan fingerprint density at radius 1 is 1.32 bits per heavy atom. The fraction of sp³-hybridized carbons (Fsp3) is 0.312. The van der Waals surface area contributed by atoms with Crippen molar-refractivity contribution in [1.29, 1.82) is 0 Å². The third kappa shape index (κ3) is 4.16. The Balaban J connectivity index is 1.67. The van der Waals surface area contributed by atoms with Crippen molar-refractivity contribution in [3.63, 3.8) is 0 Å². The van der Waals surface area contributed by atoms with Gasteiger partial charge in [-0.1, -0.05) is 29.5 Å². The van der Waals surface area contributed by atoms with Crippen LogP contribution in [0.3, 0.4) is 0 Å². The van der Waals surface area contributed by atoms with Crippen molar-refractivity contribution in [3.8, 4) is 5.75 Å². The monoisotopic (exact) mass is 369 g/mol. The van der Waals surface area contributed by atoms with Gasteiger partial charge in [0.2, 0.25) is 0 Å². The molecule has 3 rings (SSSR count). The van der Waals surface area contributed by atoms with Gasteiger partial charge in [0.15, 0.2) is 17.4 Å². The van der Waals surface area contributed by atoms with E-state index in [1.807, 2.05) is 0 Å². The number of carbonyl (C=O) groups excluding carboxylic acids is 1. The first kappa shape index (κ1) is 17.4. The Morgan fingerprint density at radius 3 is 2.80 bits per heavy atom. The number of hydrogen-bond acceptors (Lipinski definition) is 5. The first-order valence-electron chi connectivity index (χ1n) is 7.45. The number of aromatic nitrogens is 3. The fourth-order valence-corrected chi connectivity index (χ4v) is 3.20. The molecule has 0 aliphatic rings. The van der Waals surface area contributed by atoms with Crippen molar-refractivity contribution in [1.82, 2.24) is 14.6 Å².